The molecule has 1 aliphatic carbocycles. The predicted molar refractivity (Wildman–Crippen MR) is 81.2 cm³/mol. The van der Waals surface area contributed by atoms with Crippen molar-refractivity contribution in [1.82, 2.24) is 4.90 Å². The lowest BCUT2D eigenvalue weighted by atomic mass is 9.94. The normalized spacial score (nSPS) is 28.1. The van der Waals surface area contributed by atoms with Crippen molar-refractivity contribution >= 4 is 5.91 Å². The summed E-state index contributed by atoms with van der Waals surface area (Å²) in [5.41, 5.74) is 2.37. The fourth-order valence-corrected chi connectivity index (χ4v) is 4.10. The SMILES string of the molecule is Cc1cc(C(=O)N2C3CCC2CC(=CC2CC2)C3)c(C)o1. The third-order valence-corrected chi connectivity index (χ3v) is 5.21. The van der Waals surface area contributed by atoms with E-state index in [0.29, 0.717) is 12.1 Å². The molecule has 2 unspecified atom stereocenters. The van der Waals surface area contributed by atoms with Gasteiger partial charge < -0.3 is 9.32 Å². The Kier molecular flexibility index (Phi) is 2.98. The summed E-state index contributed by atoms with van der Waals surface area (Å²) in [6.07, 6.45) is 9.75. The number of amides is 1. The number of rotatable bonds is 2. The van der Waals surface area contributed by atoms with Crippen LogP contribution in [-0.2, 0) is 0 Å². The number of carbonyl (C=O) groups is 1. The summed E-state index contributed by atoms with van der Waals surface area (Å²) < 4.78 is 5.54. The van der Waals surface area contributed by atoms with E-state index in [4.69, 9.17) is 4.42 Å². The van der Waals surface area contributed by atoms with Gasteiger partial charge in [0.1, 0.15) is 11.5 Å². The molecule has 2 aliphatic heterocycles. The second-order valence-electron chi connectivity index (χ2n) is 6.99. The van der Waals surface area contributed by atoms with Crippen molar-refractivity contribution in [3.63, 3.8) is 0 Å². The minimum absolute atomic E-state index is 0.183. The lowest BCUT2D eigenvalue weighted by molar-refractivity contribution is 0.0632. The molecule has 1 aromatic rings. The molecule has 112 valence electrons. The van der Waals surface area contributed by atoms with Gasteiger partial charge >= 0.3 is 0 Å². The molecule has 2 atom stereocenters. The number of nitrogens with zero attached hydrogens (tertiary/aromatic N) is 1. The maximum Gasteiger partial charge on any atom is 0.257 e. The highest BCUT2D eigenvalue weighted by atomic mass is 16.3. The van der Waals surface area contributed by atoms with Gasteiger partial charge in [0.2, 0.25) is 0 Å². The number of piperidine rings is 1. The average Bonchev–Trinajstić information content (AvgIpc) is 3.12. The van der Waals surface area contributed by atoms with Crippen LogP contribution in [0.5, 0.6) is 0 Å². The van der Waals surface area contributed by atoms with Crippen molar-refractivity contribution in [2.75, 3.05) is 0 Å². The van der Waals surface area contributed by atoms with E-state index in [1.807, 2.05) is 19.9 Å². The van der Waals surface area contributed by atoms with Crippen molar-refractivity contribution < 1.29 is 9.21 Å². The third-order valence-electron chi connectivity index (χ3n) is 5.21. The van der Waals surface area contributed by atoms with Crippen LogP contribution in [0.15, 0.2) is 22.1 Å². The first-order valence-electron chi connectivity index (χ1n) is 8.21. The second kappa shape index (κ2) is 4.75. The molecule has 3 heteroatoms. The van der Waals surface area contributed by atoms with Gasteiger partial charge in [0.25, 0.3) is 5.91 Å². The largest absolute Gasteiger partial charge is 0.466 e. The highest BCUT2D eigenvalue weighted by molar-refractivity contribution is 5.96. The summed E-state index contributed by atoms with van der Waals surface area (Å²) in [4.78, 5) is 15.0. The number of aryl methyl sites for hydroxylation is 2. The zero-order valence-electron chi connectivity index (χ0n) is 12.9. The zero-order valence-corrected chi connectivity index (χ0v) is 12.9. The zero-order chi connectivity index (χ0) is 14.6. The highest BCUT2D eigenvalue weighted by Crippen LogP contribution is 2.42. The molecule has 1 saturated carbocycles. The van der Waals surface area contributed by atoms with E-state index in [9.17, 15) is 4.79 Å². The molecule has 0 N–H and O–H groups in total. The molecule has 1 amide bonds. The Bertz CT molecular complexity index is 593. The lowest BCUT2D eigenvalue weighted by Gasteiger charge is -2.36. The molecule has 0 spiro atoms. The molecule has 3 heterocycles. The summed E-state index contributed by atoms with van der Waals surface area (Å²) in [6, 6.07) is 2.72. The molecule has 2 saturated heterocycles. The van der Waals surface area contributed by atoms with Gasteiger partial charge in [-0.05, 0) is 64.4 Å². The topological polar surface area (TPSA) is 33.5 Å². The Morgan fingerprint density at radius 3 is 2.38 bits per heavy atom. The maximum absolute atomic E-state index is 12.9. The van der Waals surface area contributed by atoms with Gasteiger partial charge in [0.05, 0.1) is 5.56 Å². The molecular weight excluding hydrogens is 262 g/mol. The van der Waals surface area contributed by atoms with Crippen LogP contribution in [0.1, 0.15) is 60.4 Å². The fraction of sp³-hybridized carbons (Fsp3) is 0.611. The first-order valence-corrected chi connectivity index (χ1v) is 8.21. The van der Waals surface area contributed by atoms with Crippen molar-refractivity contribution in [2.24, 2.45) is 5.92 Å². The minimum atomic E-state index is 0.183. The van der Waals surface area contributed by atoms with E-state index in [-0.39, 0.29) is 5.91 Å². The Balaban J connectivity index is 1.56. The molecule has 3 aliphatic rings. The summed E-state index contributed by atoms with van der Waals surface area (Å²) in [5.74, 6) is 2.62. The van der Waals surface area contributed by atoms with Crippen LogP contribution >= 0.6 is 0 Å². The van der Waals surface area contributed by atoms with Gasteiger partial charge in [-0.2, -0.15) is 0 Å². The quantitative estimate of drug-likeness (QED) is 0.770. The minimum Gasteiger partial charge on any atom is -0.466 e. The number of carbonyl (C=O) groups excluding carboxylic acids is 1. The van der Waals surface area contributed by atoms with E-state index < -0.39 is 0 Å². The highest BCUT2D eigenvalue weighted by Gasteiger charge is 2.42. The monoisotopic (exact) mass is 285 g/mol. The summed E-state index contributed by atoms with van der Waals surface area (Å²) >= 11 is 0. The van der Waals surface area contributed by atoms with E-state index in [0.717, 1.165) is 48.7 Å². The van der Waals surface area contributed by atoms with Crippen LogP contribution in [0.25, 0.3) is 0 Å². The van der Waals surface area contributed by atoms with Crippen LogP contribution in [0.3, 0.4) is 0 Å². The number of hydrogen-bond donors (Lipinski definition) is 0. The number of hydrogen-bond acceptors (Lipinski definition) is 2. The van der Waals surface area contributed by atoms with Crippen LogP contribution in [0, 0.1) is 19.8 Å². The van der Waals surface area contributed by atoms with Gasteiger partial charge in [0, 0.05) is 12.1 Å². The van der Waals surface area contributed by atoms with Gasteiger partial charge in [-0.3, -0.25) is 4.79 Å². The first-order chi connectivity index (χ1) is 10.1. The molecule has 3 nitrogen and oxygen atoms in total. The predicted octanol–water partition coefficient (Wildman–Crippen LogP) is 4.00. The van der Waals surface area contributed by atoms with Gasteiger partial charge in [-0.1, -0.05) is 11.6 Å². The molecule has 4 rings (SSSR count). The maximum atomic E-state index is 12.9. The van der Waals surface area contributed by atoms with Crippen LogP contribution in [-0.4, -0.2) is 22.9 Å². The van der Waals surface area contributed by atoms with Gasteiger partial charge in [-0.15, -0.1) is 0 Å². The summed E-state index contributed by atoms with van der Waals surface area (Å²) in [7, 11) is 0. The van der Waals surface area contributed by atoms with Crippen molar-refractivity contribution in [3.05, 3.63) is 34.8 Å². The Morgan fingerprint density at radius 1 is 1.19 bits per heavy atom. The number of furan rings is 1. The standard InChI is InChI=1S/C18H23NO2/c1-11-7-17(12(2)21-11)18(20)19-15-5-6-16(19)10-14(9-15)8-13-3-4-13/h7-8,13,15-16H,3-6,9-10H2,1-2H3. The lowest BCUT2D eigenvalue weighted by Crippen LogP contribution is -2.44. The third kappa shape index (κ3) is 2.33. The Morgan fingerprint density at radius 2 is 1.86 bits per heavy atom. The van der Waals surface area contributed by atoms with Crippen molar-refractivity contribution in [3.8, 4) is 0 Å². The van der Waals surface area contributed by atoms with E-state index in [1.165, 1.54) is 12.8 Å². The van der Waals surface area contributed by atoms with Gasteiger partial charge in [-0.25, -0.2) is 0 Å². The first kappa shape index (κ1) is 13.2. The number of fused-ring (bicyclic) bond motifs is 2. The summed E-state index contributed by atoms with van der Waals surface area (Å²) in [6.45, 7) is 3.80. The average molecular weight is 285 g/mol. The van der Waals surface area contributed by atoms with E-state index in [1.54, 1.807) is 5.57 Å². The molecule has 3 fully saturated rings. The van der Waals surface area contributed by atoms with Crippen molar-refractivity contribution in [2.45, 2.75) is 64.5 Å². The Hall–Kier alpha value is -1.51. The second-order valence-corrected chi connectivity index (χ2v) is 6.99. The van der Waals surface area contributed by atoms with Crippen molar-refractivity contribution in [1.29, 1.82) is 0 Å². The molecule has 0 radical (unpaired) electrons. The van der Waals surface area contributed by atoms with Gasteiger partial charge in [0.15, 0.2) is 0 Å². The molecule has 1 aromatic heterocycles. The van der Waals surface area contributed by atoms with E-state index in [2.05, 4.69) is 11.0 Å². The molecule has 21 heavy (non-hydrogen) atoms. The number of allylic oxidation sites excluding steroid dienone is 1. The summed E-state index contributed by atoms with van der Waals surface area (Å²) in [5, 5.41) is 0. The Labute approximate surface area is 126 Å². The van der Waals surface area contributed by atoms with Crippen LogP contribution in [0.2, 0.25) is 0 Å². The van der Waals surface area contributed by atoms with Crippen LogP contribution < -0.4 is 0 Å². The molecule has 0 aromatic carbocycles. The smallest absolute Gasteiger partial charge is 0.257 e. The fourth-order valence-electron chi connectivity index (χ4n) is 4.10. The van der Waals surface area contributed by atoms with Crippen LogP contribution in [0.4, 0.5) is 0 Å². The molecular formula is C18H23NO2. The molecule has 2 bridgehead atoms. The van der Waals surface area contributed by atoms with E-state index >= 15 is 0 Å².